The van der Waals surface area contributed by atoms with Gasteiger partial charge in [-0.15, -0.1) is 0 Å². The van der Waals surface area contributed by atoms with Crippen LogP contribution in [0, 0.1) is 18.3 Å². The Labute approximate surface area is 236 Å². The molecule has 3 rings (SSSR count). The van der Waals surface area contributed by atoms with E-state index in [1.807, 2.05) is 27.7 Å². The number of benzene rings is 1. The Morgan fingerprint density at radius 2 is 1.72 bits per heavy atom. The molecule has 0 saturated heterocycles. The van der Waals surface area contributed by atoms with Crippen LogP contribution in [0.5, 0.6) is 0 Å². The molecule has 12 heteroatoms. The molecule has 1 heterocycles. The van der Waals surface area contributed by atoms with Gasteiger partial charge in [-0.3, -0.25) is 14.3 Å². The minimum Gasteiger partial charge on any atom is -0.481 e. The molecule has 0 spiro atoms. The summed E-state index contributed by atoms with van der Waals surface area (Å²) in [4.78, 5) is 26.4. The quantitative estimate of drug-likeness (QED) is 0.350. The number of carbonyl (C=O) groups excluding carboxylic acids is 1. The second kappa shape index (κ2) is 12.1. The number of hydrogen-bond donors (Lipinski definition) is 1. The molecule has 1 aliphatic carbocycles. The summed E-state index contributed by atoms with van der Waals surface area (Å²) in [6.45, 7) is 7.46. The summed E-state index contributed by atoms with van der Waals surface area (Å²) < 4.78 is 49.7. The van der Waals surface area contributed by atoms with Crippen molar-refractivity contribution in [1.82, 2.24) is 14.7 Å². The number of carboxylic acid groups (broad SMARTS) is 1. The summed E-state index contributed by atoms with van der Waals surface area (Å²) in [5, 5.41) is 13.9. The van der Waals surface area contributed by atoms with E-state index in [2.05, 4.69) is 5.10 Å². The Morgan fingerprint density at radius 3 is 2.18 bits per heavy atom. The fourth-order valence-electron chi connectivity index (χ4n) is 5.11. The third-order valence-electron chi connectivity index (χ3n) is 6.85. The van der Waals surface area contributed by atoms with E-state index in [1.54, 1.807) is 12.1 Å². The fourth-order valence-corrected chi connectivity index (χ4v) is 5.95. The number of halogens is 5. The largest absolute Gasteiger partial charge is 0.481 e. The van der Waals surface area contributed by atoms with Gasteiger partial charge in [-0.2, -0.15) is 18.3 Å². The number of nitrogens with zero attached hydrogens (tertiary/aromatic N) is 3. The molecule has 39 heavy (non-hydrogen) atoms. The lowest BCUT2D eigenvalue weighted by Gasteiger charge is -2.33. The zero-order valence-electron chi connectivity index (χ0n) is 22.6. The van der Waals surface area contributed by atoms with Gasteiger partial charge in [-0.1, -0.05) is 44.0 Å². The molecule has 2 aromatic rings. The first kappa shape index (κ1) is 31.2. The van der Waals surface area contributed by atoms with E-state index in [0.29, 0.717) is 15.6 Å². The molecule has 1 aromatic heterocycles. The van der Waals surface area contributed by atoms with Crippen molar-refractivity contribution in [3.05, 3.63) is 50.8 Å². The van der Waals surface area contributed by atoms with Gasteiger partial charge in [0.1, 0.15) is 6.10 Å². The van der Waals surface area contributed by atoms with Gasteiger partial charge in [-0.25, -0.2) is 0 Å². The van der Waals surface area contributed by atoms with Gasteiger partial charge in [0.15, 0.2) is 5.69 Å². The molecular formula is C27H34Cl2F3N3O4. The maximum Gasteiger partial charge on any atom is 0.433 e. The number of alkyl halides is 3. The van der Waals surface area contributed by atoms with E-state index < -0.39 is 52.8 Å². The number of carboxylic acids is 1. The molecule has 0 aliphatic heterocycles. The fraction of sp³-hybridized carbons (Fsp3) is 0.593. The summed E-state index contributed by atoms with van der Waals surface area (Å²) in [5.74, 6) is -2.40. The highest BCUT2D eigenvalue weighted by Gasteiger charge is 2.43. The molecule has 0 radical (unpaired) electrons. The van der Waals surface area contributed by atoms with E-state index in [1.165, 1.54) is 12.0 Å². The van der Waals surface area contributed by atoms with E-state index in [4.69, 9.17) is 27.9 Å². The molecule has 0 bridgehead atoms. The van der Waals surface area contributed by atoms with Gasteiger partial charge in [0.2, 0.25) is 0 Å². The third-order valence-corrected chi connectivity index (χ3v) is 7.48. The van der Waals surface area contributed by atoms with Crippen LogP contribution in [0.2, 0.25) is 10.0 Å². The Morgan fingerprint density at radius 1 is 1.15 bits per heavy atom. The number of methoxy groups -OCH3 is 1. The van der Waals surface area contributed by atoms with E-state index in [-0.39, 0.29) is 38.8 Å². The first-order chi connectivity index (χ1) is 18.0. The molecule has 1 atom stereocenters. The maximum absolute atomic E-state index is 14.4. The average molecular weight is 592 g/mol. The lowest BCUT2D eigenvalue weighted by atomic mass is 9.86. The molecule has 1 fully saturated rings. The summed E-state index contributed by atoms with van der Waals surface area (Å²) in [6, 6.07) is 2.75. The van der Waals surface area contributed by atoms with Crippen molar-refractivity contribution < 1.29 is 32.6 Å². The van der Waals surface area contributed by atoms with E-state index >= 15 is 0 Å². The van der Waals surface area contributed by atoms with E-state index in [0.717, 1.165) is 16.4 Å². The second-order valence-corrected chi connectivity index (χ2v) is 12.1. The number of carbonyl (C=O) groups is 2. The Hall–Kier alpha value is -2.30. The van der Waals surface area contributed by atoms with Crippen LogP contribution < -0.4 is 0 Å². The Balaban J connectivity index is 2.00. The normalized spacial score (nSPS) is 19.1. The molecule has 1 saturated carbocycles. The maximum atomic E-state index is 14.4. The predicted molar refractivity (Wildman–Crippen MR) is 142 cm³/mol. The molecule has 216 valence electrons. The predicted octanol–water partition coefficient (Wildman–Crippen LogP) is 7.21. The number of ether oxygens (including phenoxy) is 1. The van der Waals surface area contributed by atoms with Gasteiger partial charge < -0.3 is 14.7 Å². The van der Waals surface area contributed by atoms with Crippen LogP contribution in [0.3, 0.4) is 0 Å². The molecule has 1 N–H and O–H groups in total. The number of hydrogen-bond acceptors (Lipinski definition) is 4. The van der Waals surface area contributed by atoms with Crippen molar-refractivity contribution in [1.29, 1.82) is 0 Å². The highest BCUT2D eigenvalue weighted by atomic mass is 35.5. The van der Waals surface area contributed by atoms with Gasteiger partial charge in [0.05, 0.1) is 30.3 Å². The first-order valence-electron chi connectivity index (χ1n) is 12.7. The van der Waals surface area contributed by atoms with Crippen molar-refractivity contribution in [2.75, 3.05) is 20.2 Å². The number of rotatable bonds is 8. The van der Waals surface area contributed by atoms with Crippen LogP contribution in [-0.2, 0) is 15.7 Å². The third kappa shape index (κ3) is 7.46. The summed E-state index contributed by atoms with van der Waals surface area (Å²) >= 11 is 12.9. The highest BCUT2D eigenvalue weighted by molar-refractivity contribution is 6.36. The molecule has 1 aromatic carbocycles. The van der Waals surface area contributed by atoms with Crippen LogP contribution in [0.25, 0.3) is 0 Å². The molecule has 1 aliphatic rings. The zero-order valence-corrected chi connectivity index (χ0v) is 24.1. The van der Waals surface area contributed by atoms with Crippen molar-refractivity contribution in [2.45, 2.75) is 71.7 Å². The van der Waals surface area contributed by atoms with Crippen molar-refractivity contribution in [2.24, 2.45) is 11.3 Å². The van der Waals surface area contributed by atoms with Gasteiger partial charge in [0, 0.05) is 29.3 Å². The van der Waals surface area contributed by atoms with Crippen LogP contribution in [0.4, 0.5) is 13.2 Å². The number of amides is 1. The van der Waals surface area contributed by atoms with Crippen molar-refractivity contribution in [3.8, 4) is 0 Å². The summed E-state index contributed by atoms with van der Waals surface area (Å²) in [6.07, 6.45) is -3.78. The minimum atomic E-state index is -4.86. The summed E-state index contributed by atoms with van der Waals surface area (Å²) in [5.41, 5.74) is -0.891. The van der Waals surface area contributed by atoms with Crippen LogP contribution in [-0.4, -0.2) is 51.9 Å². The number of aryl methyl sites for hydroxylation is 1. The van der Waals surface area contributed by atoms with Gasteiger partial charge >= 0.3 is 12.1 Å². The lowest BCUT2D eigenvalue weighted by Crippen LogP contribution is -2.41. The zero-order chi connectivity index (χ0) is 29.3. The topological polar surface area (TPSA) is 84.7 Å². The molecule has 1 amide bonds. The Bertz CT molecular complexity index is 1180. The second-order valence-electron chi connectivity index (χ2n) is 11.3. The lowest BCUT2D eigenvalue weighted by molar-refractivity contribution is -0.147. The van der Waals surface area contributed by atoms with Gasteiger partial charge in [-0.05, 0) is 55.7 Å². The minimum absolute atomic E-state index is 0.0959. The molecule has 7 nitrogen and oxygen atoms in total. The van der Waals surface area contributed by atoms with Crippen molar-refractivity contribution >= 4 is 35.1 Å². The van der Waals surface area contributed by atoms with E-state index in [9.17, 15) is 27.9 Å². The molecular weight excluding hydrogens is 558 g/mol. The van der Waals surface area contributed by atoms with Crippen LogP contribution in [0.15, 0.2) is 18.3 Å². The number of aromatic nitrogens is 2. The Kier molecular flexibility index (Phi) is 9.66. The smallest absolute Gasteiger partial charge is 0.433 e. The van der Waals surface area contributed by atoms with Crippen molar-refractivity contribution in [3.63, 3.8) is 0 Å². The molecule has 0 unspecified atom stereocenters. The van der Waals surface area contributed by atoms with Crippen LogP contribution in [0.1, 0.15) is 85.8 Å². The SMILES string of the molecule is CO[C@@H](CN(CC(C)(C)C)C(=O)c1cnn(C2CCC(C(=O)O)CC2)c1C(F)(F)F)c1c(Cl)cc(C)cc1Cl. The number of aliphatic carboxylic acids is 1. The van der Waals surface area contributed by atoms with Gasteiger partial charge in [0.25, 0.3) is 5.91 Å². The monoisotopic (exact) mass is 591 g/mol. The standard InChI is InChI=1S/C27H34Cl2F3N3O4/c1-15-10-19(28)22(20(29)11-15)21(39-5)13-34(14-26(2,3)4)24(36)18-12-33-35(23(18)27(30,31)32)17-8-6-16(7-9-17)25(37)38/h10-12,16-17,21H,6-9,13-14H2,1-5H3,(H,37,38)/t16?,17?,21-/m0/s1. The van der Waals surface area contributed by atoms with Crippen LogP contribution >= 0.6 is 23.2 Å². The first-order valence-corrected chi connectivity index (χ1v) is 13.4. The summed E-state index contributed by atoms with van der Waals surface area (Å²) in [7, 11) is 1.42. The average Bonchev–Trinajstić information content (AvgIpc) is 3.27. The highest BCUT2D eigenvalue weighted by Crippen LogP contribution is 2.40.